The molecule has 2 heterocycles. The van der Waals surface area contributed by atoms with Crippen LogP contribution >= 0.6 is 22.9 Å². The number of thiazole rings is 1. The van der Waals surface area contributed by atoms with Gasteiger partial charge in [0.2, 0.25) is 0 Å². The molecule has 5 nitrogen and oxygen atoms in total. The first-order chi connectivity index (χ1) is 13.6. The van der Waals surface area contributed by atoms with Gasteiger partial charge in [-0.3, -0.25) is 4.79 Å². The number of nitrogens with zero attached hydrogens (tertiary/aromatic N) is 2. The van der Waals surface area contributed by atoms with E-state index in [2.05, 4.69) is 6.07 Å². The molecule has 1 aromatic heterocycles. The Morgan fingerprint density at radius 2 is 1.96 bits per heavy atom. The molecule has 28 heavy (non-hydrogen) atoms. The largest absolute Gasteiger partial charge is 0.452 e. The molecule has 0 spiro atoms. The lowest BCUT2D eigenvalue weighted by atomic mass is 9.99. The lowest BCUT2D eigenvalue weighted by Crippen LogP contribution is -2.41. The van der Waals surface area contributed by atoms with Crippen LogP contribution < -0.4 is 0 Å². The summed E-state index contributed by atoms with van der Waals surface area (Å²) in [5, 5.41) is 1.38. The number of aromatic nitrogens is 1. The summed E-state index contributed by atoms with van der Waals surface area (Å²) in [6.07, 6.45) is 1.91. The second-order valence-corrected chi connectivity index (χ2v) is 8.22. The Bertz CT molecular complexity index is 987. The van der Waals surface area contributed by atoms with Crippen molar-refractivity contribution in [3.8, 4) is 0 Å². The highest BCUT2D eigenvalue weighted by Crippen LogP contribution is 2.33. The number of para-hydroxylation sites is 1. The molecule has 0 bridgehead atoms. The van der Waals surface area contributed by atoms with Crippen molar-refractivity contribution in [1.82, 2.24) is 9.88 Å². The van der Waals surface area contributed by atoms with Crippen molar-refractivity contribution in [2.45, 2.75) is 18.8 Å². The number of likely N-dealkylation sites (tertiary alicyclic amines) is 1. The highest BCUT2D eigenvalue weighted by Gasteiger charge is 2.27. The highest BCUT2D eigenvalue weighted by molar-refractivity contribution is 7.18. The smallest absolute Gasteiger partial charge is 0.340 e. The molecular formula is C21H19ClN2O3S. The molecule has 0 aliphatic carbocycles. The molecule has 1 aliphatic heterocycles. The fourth-order valence-electron chi connectivity index (χ4n) is 3.39. The van der Waals surface area contributed by atoms with Gasteiger partial charge in [-0.15, -0.1) is 11.3 Å². The molecule has 2 aromatic carbocycles. The van der Waals surface area contributed by atoms with Crippen LogP contribution in [0.25, 0.3) is 10.2 Å². The van der Waals surface area contributed by atoms with E-state index in [1.807, 2.05) is 18.2 Å². The third kappa shape index (κ3) is 4.03. The number of amides is 1. The van der Waals surface area contributed by atoms with Crippen molar-refractivity contribution in [2.24, 2.45) is 0 Å². The van der Waals surface area contributed by atoms with E-state index < -0.39 is 5.97 Å². The Balaban J connectivity index is 1.38. The third-order valence-electron chi connectivity index (χ3n) is 4.85. The van der Waals surface area contributed by atoms with Gasteiger partial charge in [-0.1, -0.05) is 35.9 Å². The van der Waals surface area contributed by atoms with Crippen LogP contribution in [0.15, 0.2) is 48.5 Å². The van der Waals surface area contributed by atoms with Gasteiger partial charge < -0.3 is 9.64 Å². The average Bonchev–Trinajstić information content (AvgIpc) is 3.16. The molecule has 0 N–H and O–H groups in total. The summed E-state index contributed by atoms with van der Waals surface area (Å²) in [4.78, 5) is 31.2. The summed E-state index contributed by atoms with van der Waals surface area (Å²) in [6.45, 7) is 0.989. The lowest BCUT2D eigenvalue weighted by Gasteiger charge is -2.31. The molecule has 1 saturated heterocycles. The molecule has 0 saturated carbocycles. The van der Waals surface area contributed by atoms with Gasteiger partial charge in [0.05, 0.1) is 25.8 Å². The molecule has 1 fully saturated rings. The number of esters is 1. The zero-order chi connectivity index (χ0) is 19.5. The van der Waals surface area contributed by atoms with Gasteiger partial charge in [-0.2, -0.15) is 0 Å². The minimum absolute atomic E-state index is 0.189. The van der Waals surface area contributed by atoms with Gasteiger partial charge in [0.1, 0.15) is 0 Å². The van der Waals surface area contributed by atoms with Crippen molar-refractivity contribution in [1.29, 1.82) is 0 Å². The predicted octanol–water partition coefficient (Wildman–Crippen LogP) is 4.51. The van der Waals surface area contributed by atoms with Crippen molar-refractivity contribution in [2.75, 3.05) is 19.7 Å². The minimum Gasteiger partial charge on any atom is -0.452 e. The van der Waals surface area contributed by atoms with Gasteiger partial charge in [-0.05, 0) is 37.1 Å². The number of piperidine rings is 1. The number of rotatable bonds is 4. The molecule has 0 radical (unpaired) electrons. The summed E-state index contributed by atoms with van der Waals surface area (Å²) in [5.41, 5.74) is 1.27. The summed E-state index contributed by atoms with van der Waals surface area (Å²) in [6, 6.07) is 14.7. The first-order valence-corrected chi connectivity index (χ1v) is 10.4. The predicted molar refractivity (Wildman–Crippen MR) is 110 cm³/mol. The second-order valence-electron chi connectivity index (χ2n) is 6.75. The molecule has 3 aromatic rings. The van der Waals surface area contributed by atoms with E-state index in [9.17, 15) is 9.59 Å². The third-order valence-corrected chi connectivity index (χ3v) is 6.38. The monoisotopic (exact) mass is 414 g/mol. The standard InChI is InChI=1S/C21H19ClN2O3S/c22-16-8-2-1-7-15(16)21(26)27-13-19(25)24-11-5-6-14(12-24)20-23-17-9-3-4-10-18(17)28-20/h1-4,7-10,14H,5-6,11-13H2/t14-/m1/s1. The summed E-state index contributed by atoms with van der Waals surface area (Å²) >= 11 is 7.69. The molecule has 7 heteroatoms. The van der Waals surface area contributed by atoms with Crippen LogP contribution in [-0.2, 0) is 9.53 Å². The fraction of sp³-hybridized carbons (Fsp3) is 0.286. The van der Waals surface area contributed by atoms with Crippen LogP contribution in [0.5, 0.6) is 0 Å². The van der Waals surface area contributed by atoms with Gasteiger partial charge in [0.25, 0.3) is 5.91 Å². The number of fused-ring (bicyclic) bond motifs is 1. The number of hydrogen-bond donors (Lipinski definition) is 0. The van der Waals surface area contributed by atoms with E-state index in [4.69, 9.17) is 21.3 Å². The average molecular weight is 415 g/mol. The normalized spacial score (nSPS) is 16.9. The molecule has 1 aliphatic rings. The molecular weight excluding hydrogens is 396 g/mol. The number of carbonyl (C=O) groups is 2. The fourth-order valence-corrected chi connectivity index (χ4v) is 4.70. The van der Waals surface area contributed by atoms with Gasteiger partial charge in [-0.25, -0.2) is 9.78 Å². The summed E-state index contributed by atoms with van der Waals surface area (Å²) in [7, 11) is 0. The van der Waals surface area contributed by atoms with Crippen LogP contribution in [-0.4, -0.2) is 41.5 Å². The Hall–Kier alpha value is -2.44. The van der Waals surface area contributed by atoms with E-state index in [0.717, 1.165) is 28.1 Å². The number of ether oxygens (including phenoxy) is 1. The van der Waals surface area contributed by atoms with Gasteiger partial charge >= 0.3 is 5.97 Å². The number of carbonyl (C=O) groups excluding carboxylic acids is 2. The first kappa shape index (κ1) is 18.9. The highest BCUT2D eigenvalue weighted by atomic mass is 35.5. The SMILES string of the molecule is O=C(OCC(=O)N1CCC[C@@H](c2nc3ccccc3s2)C1)c1ccccc1Cl. The van der Waals surface area contributed by atoms with Gasteiger partial charge in [0, 0.05) is 19.0 Å². The molecule has 1 amide bonds. The van der Waals surface area contributed by atoms with E-state index in [0.29, 0.717) is 18.1 Å². The number of halogens is 1. The van der Waals surface area contributed by atoms with Crippen molar-refractivity contribution in [3.63, 3.8) is 0 Å². The Labute approximate surface area is 171 Å². The quantitative estimate of drug-likeness (QED) is 0.589. The number of hydrogen-bond acceptors (Lipinski definition) is 5. The molecule has 1 atom stereocenters. The van der Waals surface area contributed by atoms with E-state index >= 15 is 0 Å². The molecule has 144 valence electrons. The first-order valence-electron chi connectivity index (χ1n) is 9.16. The van der Waals surface area contributed by atoms with Gasteiger partial charge in [0.15, 0.2) is 6.61 Å². The second kappa shape index (κ2) is 8.29. The van der Waals surface area contributed by atoms with Crippen molar-refractivity contribution >= 4 is 45.0 Å². The lowest BCUT2D eigenvalue weighted by molar-refractivity contribution is -0.135. The van der Waals surface area contributed by atoms with E-state index in [1.54, 1.807) is 40.5 Å². The zero-order valence-corrected chi connectivity index (χ0v) is 16.7. The minimum atomic E-state index is -0.585. The van der Waals surface area contributed by atoms with E-state index in [1.165, 1.54) is 0 Å². The topological polar surface area (TPSA) is 59.5 Å². The molecule has 0 unspecified atom stereocenters. The Kier molecular flexibility index (Phi) is 5.59. The van der Waals surface area contributed by atoms with Crippen LogP contribution in [0.4, 0.5) is 0 Å². The van der Waals surface area contributed by atoms with Crippen LogP contribution in [0.2, 0.25) is 5.02 Å². The number of benzene rings is 2. The molecule has 4 rings (SSSR count). The summed E-state index contributed by atoms with van der Waals surface area (Å²) < 4.78 is 6.35. The van der Waals surface area contributed by atoms with Crippen molar-refractivity contribution < 1.29 is 14.3 Å². The zero-order valence-electron chi connectivity index (χ0n) is 15.1. The van der Waals surface area contributed by atoms with Crippen LogP contribution in [0.1, 0.15) is 34.1 Å². The Morgan fingerprint density at radius 3 is 2.79 bits per heavy atom. The summed E-state index contributed by atoms with van der Waals surface area (Å²) in [5.74, 6) is -0.556. The maximum absolute atomic E-state index is 12.6. The Morgan fingerprint density at radius 1 is 1.18 bits per heavy atom. The van der Waals surface area contributed by atoms with E-state index in [-0.39, 0.29) is 24.0 Å². The maximum Gasteiger partial charge on any atom is 0.340 e. The van der Waals surface area contributed by atoms with Crippen molar-refractivity contribution in [3.05, 3.63) is 64.1 Å². The van der Waals surface area contributed by atoms with Crippen LogP contribution in [0.3, 0.4) is 0 Å². The van der Waals surface area contributed by atoms with Crippen LogP contribution in [0, 0.1) is 0 Å². The maximum atomic E-state index is 12.6.